The number of aromatic nitrogens is 1. The van der Waals surface area contributed by atoms with Crippen LogP contribution in [0.3, 0.4) is 0 Å². The highest BCUT2D eigenvalue weighted by molar-refractivity contribution is 6.74. The molecule has 0 bridgehead atoms. The zero-order valence-electron chi connectivity index (χ0n) is 11.4. The van der Waals surface area contributed by atoms with Crippen LogP contribution in [0, 0.1) is 0 Å². The molecule has 1 aromatic rings. The van der Waals surface area contributed by atoms with Crippen LogP contribution in [0.4, 0.5) is 0 Å². The predicted molar refractivity (Wildman–Crippen MR) is 72.3 cm³/mol. The lowest BCUT2D eigenvalue weighted by Crippen LogP contribution is -2.42. The third-order valence-electron chi connectivity index (χ3n) is 3.47. The summed E-state index contributed by atoms with van der Waals surface area (Å²) in [5, 5.41) is 9.62. The van der Waals surface area contributed by atoms with E-state index in [-0.39, 0.29) is 17.7 Å². The molecular formula is C13H23NO2Si. The van der Waals surface area contributed by atoms with Gasteiger partial charge in [-0.25, -0.2) is 0 Å². The number of pyridine rings is 1. The molecule has 1 N–H and O–H groups in total. The van der Waals surface area contributed by atoms with Gasteiger partial charge in [0.25, 0.3) is 0 Å². The normalized spacial score (nSPS) is 14.7. The Labute approximate surface area is 105 Å². The van der Waals surface area contributed by atoms with E-state index in [1.54, 1.807) is 12.4 Å². The Morgan fingerprint density at radius 1 is 1.41 bits per heavy atom. The first-order valence-electron chi connectivity index (χ1n) is 5.96. The van der Waals surface area contributed by atoms with Gasteiger partial charge in [0.15, 0.2) is 8.32 Å². The summed E-state index contributed by atoms with van der Waals surface area (Å²) in [4.78, 5) is 4.07. The second-order valence-corrected chi connectivity index (χ2v) is 10.6. The van der Waals surface area contributed by atoms with E-state index in [0.717, 1.165) is 5.56 Å². The lowest BCUT2D eigenvalue weighted by atomic mass is 10.2. The summed E-state index contributed by atoms with van der Waals surface area (Å²) >= 11 is 0. The van der Waals surface area contributed by atoms with Crippen LogP contribution in [-0.2, 0) is 4.43 Å². The molecule has 17 heavy (non-hydrogen) atoms. The second kappa shape index (κ2) is 5.29. The van der Waals surface area contributed by atoms with Crippen molar-refractivity contribution in [1.82, 2.24) is 4.98 Å². The lowest BCUT2D eigenvalue weighted by Gasteiger charge is -2.38. The van der Waals surface area contributed by atoms with Gasteiger partial charge in [-0.1, -0.05) is 26.8 Å². The number of hydrogen-bond acceptors (Lipinski definition) is 3. The van der Waals surface area contributed by atoms with Gasteiger partial charge in [0.1, 0.15) is 0 Å². The molecule has 0 radical (unpaired) electrons. The van der Waals surface area contributed by atoms with Crippen LogP contribution >= 0.6 is 0 Å². The minimum atomic E-state index is -1.86. The largest absolute Gasteiger partial charge is 0.408 e. The quantitative estimate of drug-likeness (QED) is 0.838. The Bertz CT molecular complexity index is 346. The summed E-state index contributed by atoms with van der Waals surface area (Å²) in [5.41, 5.74) is 0.944. The number of hydrogen-bond donors (Lipinski definition) is 1. The van der Waals surface area contributed by atoms with Crippen molar-refractivity contribution in [3.63, 3.8) is 0 Å². The van der Waals surface area contributed by atoms with E-state index in [0.29, 0.717) is 0 Å². The van der Waals surface area contributed by atoms with Crippen LogP contribution < -0.4 is 0 Å². The molecule has 0 amide bonds. The summed E-state index contributed by atoms with van der Waals surface area (Å²) in [6.07, 6.45) is 3.22. The number of nitrogens with zero attached hydrogens (tertiary/aromatic N) is 1. The molecule has 96 valence electrons. The monoisotopic (exact) mass is 253 g/mol. The predicted octanol–water partition coefficient (Wildman–Crippen LogP) is 3.14. The average molecular weight is 253 g/mol. The molecule has 1 aromatic heterocycles. The second-order valence-electron chi connectivity index (χ2n) is 5.84. The van der Waals surface area contributed by atoms with E-state index in [4.69, 9.17) is 4.43 Å². The van der Waals surface area contributed by atoms with Crippen molar-refractivity contribution in [2.45, 2.75) is 45.0 Å². The molecule has 0 unspecified atom stereocenters. The fourth-order valence-electron chi connectivity index (χ4n) is 1.31. The van der Waals surface area contributed by atoms with Crippen LogP contribution in [0.1, 0.15) is 32.4 Å². The van der Waals surface area contributed by atoms with E-state index in [9.17, 15) is 5.11 Å². The first kappa shape index (κ1) is 14.3. The van der Waals surface area contributed by atoms with E-state index in [2.05, 4.69) is 38.8 Å². The lowest BCUT2D eigenvalue weighted by molar-refractivity contribution is 0.103. The Kier molecular flexibility index (Phi) is 4.46. The van der Waals surface area contributed by atoms with Gasteiger partial charge in [-0.15, -0.1) is 0 Å². The van der Waals surface area contributed by atoms with Gasteiger partial charge in [-0.2, -0.15) is 0 Å². The molecule has 0 spiro atoms. The van der Waals surface area contributed by atoms with E-state index in [1.807, 2.05) is 12.1 Å². The minimum Gasteiger partial charge on any atom is -0.408 e. The summed E-state index contributed by atoms with van der Waals surface area (Å²) in [5.74, 6) is 0. The van der Waals surface area contributed by atoms with Crippen molar-refractivity contribution in [2.24, 2.45) is 0 Å². The highest BCUT2D eigenvalue weighted by Gasteiger charge is 2.39. The van der Waals surface area contributed by atoms with Crippen LogP contribution in [0.5, 0.6) is 0 Å². The smallest absolute Gasteiger partial charge is 0.193 e. The summed E-state index contributed by atoms with van der Waals surface area (Å²) in [6, 6.07) is 3.81. The molecule has 0 aliphatic rings. The number of aliphatic hydroxyl groups is 1. The van der Waals surface area contributed by atoms with Gasteiger partial charge in [-0.3, -0.25) is 4.98 Å². The van der Waals surface area contributed by atoms with Gasteiger partial charge in [0, 0.05) is 18.0 Å². The highest BCUT2D eigenvalue weighted by atomic mass is 28.4. The zero-order chi connectivity index (χ0) is 13.1. The highest BCUT2D eigenvalue weighted by Crippen LogP contribution is 2.39. The maximum absolute atomic E-state index is 9.48. The summed E-state index contributed by atoms with van der Waals surface area (Å²) in [6.45, 7) is 10.9. The van der Waals surface area contributed by atoms with Gasteiger partial charge < -0.3 is 9.53 Å². The zero-order valence-corrected chi connectivity index (χ0v) is 12.4. The van der Waals surface area contributed by atoms with Crippen LogP contribution in [-0.4, -0.2) is 25.0 Å². The fraction of sp³-hybridized carbons (Fsp3) is 0.615. The summed E-state index contributed by atoms with van der Waals surface area (Å²) < 4.78 is 6.19. The molecule has 0 aliphatic carbocycles. The van der Waals surface area contributed by atoms with Crippen LogP contribution in [0.15, 0.2) is 24.5 Å². The third-order valence-corrected chi connectivity index (χ3v) is 7.95. The topological polar surface area (TPSA) is 42.4 Å². The molecule has 3 nitrogen and oxygen atoms in total. The van der Waals surface area contributed by atoms with E-state index in [1.165, 1.54) is 0 Å². The Morgan fingerprint density at radius 2 is 2.06 bits per heavy atom. The van der Waals surface area contributed by atoms with Gasteiger partial charge in [0.2, 0.25) is 0 Å². The first-order valence-corrected chi connectivity index (χ1v) is 8.87. The molecular weight excluding hydrogens is 230 g/mol. The maximum Gasteiger partial charge on any atom is 0.193 e. The Balaban J connectivity index is 2.85. The SMILES string of the molecule is CC(C)(C)[Si](C)(C)O[C@H](CO)c1cccnc1. The number of aliphatic hydroxyl groups excluding tert-OH is 1. The van der Waals surface area contributed by atoms with Crippen molar-refractivity contribution in [2.75, 3.05) is 6.61 Å². The molecule has 0 aromatic carbocycles. The Morgan fingerprint density at radius 3 is 2.47 bits per heavy atom. The molecule has 4 heteroatoms. The maximum atomic E-state index is 9.48. The molecule has 1 rings (SSSR count). The summed E-state index contributed by atoms with van der Waals surface area (Å²) in [7, 11) is -1.86. The van der Waals surface area contributed by atoms with Gasteiger partial charge >= 0.3 is 0 Å². The third kappa shape index (κ3) is 3.62. The fourth-order valence-corrected chi connectivity index (χ4v) is 2.59. The van der Waals surface area contributed by atoms with E-state index < -0.39 is 8.32 Å². The van der Waals surface area contributed by atoms with Crippen molar-refractivity contribution in [3.8, 4) is 0 Å². The molecule has 0 saturated carbocycles. The molecule has 0 aliphatic heterocycles. The number of rotatable bonds is 4. The van der Waals surface area contributed by atoms with Crippen LogP contribution in [0.25, 0.3) is 0 Å². The Hall–Kier alpha value is -0.713. The molecule has 1 heterocycles. The molecule has 1 atom stereocenters. The van der Waals surface area contributed by atoms with Gasteiger partial charge in [-0.05, 0) is 24.2 Å². The van der Waals surface area contributed by atoms with Crippen molar-refractivity contribution in [1.29, 1.82) is 0 Å². The average Bonchev–Trinajstić information content (AvgIpc) is 2.25. The van der Waals surface area contributed by atoms with E-state index >= 15 is 0 Å². The molecule has 0 fully saturated rings. The van der Waals surface area contributed by atoms with Crippen molar-refractivity contribution >= 4 is 8.32 Å². The first-order chi connectivity index (χ1) is 7.78. The molecule has 0 saturated heterocycles. The van der Waals surface area contributed by atoms with Crippen molar-refractivity contribution < 1.29 is 9.53 Å². The standard InChI is InChI=1S/C13H23NO2Si/c1-13(2,3)17(4,5)16-12(10-15)11-7-6-8-14-9-11/h6-9,12,15H,10H2,1-5H3/t12-/m1/s1. The van der Waals surface area contributed by atoms with Gasteiger partial charge in [0.05, 0.1) is 12.7 Å². The van der Waals surface area contributed by atoms with Crippen LogP contribution in [0.2, 0.25) is 18.1 Å². The minimum absolute atomic E-state index is 0.00178. The van der Waals surface area contributed by atoms with Crippen molar-refractivity contribution in [3.05, 3.63) is 30.1 Å².